The molecule has 5 nitrogen and oxygen atoms in total. The lowest BCUT2D eigenvalue weighted by Gasteiger charge is -1.97. The Balaban J connectivity index is 1.87. The topological polar surface area (TPSA) is 59.3 Å². The van der Waals surface area contributed by atoms with E-state index in [1.807, 2.05) is 36.8 Å². The lowest BCUT2D eigenvalue weighted by molar-refractivity contribution is -0.116. The largest absolute Gasteiger partial charge is 0.350 e. The number of hydrogen-bond acceptors (Lipinski definition) is 4. The monoisotopic (exact) mass is 308 g/mol. The van der Waals surface area contributed by atoms with Crippen molar-refractivity contribution in [2.24, 2.45) is 12.1 Å². The summed E-state index contributed by atoms with van der Waals surface area (Å²) in [7, 11) is 1.99. The molecule has 0 saturated heterocycles. The lowest BCUT2D eigenvalue weighted by atomic mass is 10.1. The number of aromatic nitrogens is 2. The number of nitrogens with zero attached hydrogens (tertiary/aromatic N) is 3. The second kappa shape index (κ2) is 4.92. The van der Waals surface area contributed by atoms with Crippen molar-refractivity contribution in [3.05, 3.63) is 58.2 Å². The van der Waals surface area contributed by atoms with Gasteiger partial charge >= 0.3 is 0 Å². The van der Waals surface area contributed by atoms with Crippen LogP contribution in [-0.2, 0) is 11.8 Å². The standard InChI is InChI=1S/C16H12N4OS/c1-20-9-10(11-4-2-3-5-13(11)20)8-12-14(18-19-15(12)21)16-17-6-7-22-16/h2-9H,1H3,(H,19,21)/b12-8-. The summed E-state index contributed by atoms with van der Waals surface area (Å²) in [4.78, 5) is 16.3. The van der Waals surface area contributed by atoms with Crippen LogP contribution in [0, 0.1) is 0 Å². The fourth-order valence-electron chi connectivity index (χ4n) is 2.62. The summed E-state index contributed by atoms with van der Waals surface area (Å²) in [5, 5.41) is 7.83. The third-order valence-electron chi connectivity index (χ3n) is 3.63. The van der Waals surface area contributed by atoms with E-state index in [9.17, 15) is 4.79 Å². The minimum atomic E-state index is -0.196. The number of hydrogen-bond donors (Lipinski definition) is 1. The van der Waals surface area contributed by atoms with Crippen molar-refractivity contribution in [2.45, 2.75) is 0 Å². The molecular formula is C16H12N4OS. The predicted molar refractivity (Wildman–Crippen MR) is 87.7 cm³/mol. The molecule has 0 radical (unpaired) electrons. The van der Waals surface area contributed by atoms with E-state index in [0.29, 0.717) is 11.3 Å². The minimum Gasteiger partial charge on any atom is -0.350 e. The van der Waals surface area contributed by atoms with Crippen LogP contribution in [0.3, 0.4) is 0 Å². The molecule has 1 amide bonds. The first-order chi connectivity index (χ1) is 10.7. The van der Waals surface area contributed by atoms with Crippen molar-refractivity contribution < 1.29 is 4.79 Å². The molecule has 1 aliphatic heterocycles. The number of aryl methyl sites for hydroxylation is 1. The van der Waals surface area contributed by atoms with Gasteiger partial charge in [-0.25, -0.2) is 10.4 Å². The molecule has 0 unspecified atom stereocenters. The van der Waals surface area contributed by atoms with E-state index < -0.39 is 0 Å². The summed E-state index contributed by atoms with van der Waals surface area (Å²) >= 11 is 1.47. The van der Waals surface area contributed by atoms with Crippen LogP contribution >= 0.6 is 11.3 Å². The molecule has 0 saturated carbocycles. The van der Waals surface area contributed by atoms with E-state index in [0.717, 1.165) is 21.5 Å². The van der Waals surface area contributed by atoms with Crippen molar-refractivity contribution in [3.63, 3.8) is 0 Å². The molecule has 0 atom stereocenters. The van der Waals surface area contributed by atoms with Gasteiger partial charge in [0.05, 0.1) is 5.57 Å². The van der Waals surface area contributed by atoms with Crippen LogP contribution in [0.15, 0.2) is 52.7 Å². The zero-order chi connectivity index (χ0) is 15.1. The molecule has 1 aliphatic rings. The van der Waals surface area contributed by atoms with Crippen LogP contribution in [0.2, 0.25) is 0 Å². The molecule has 0 fully saturated rings. The Labute approximate surface area is 130 Å². The van der Waals surface area contributed by atoms with Crippen molar-refractivity contribution in [1.82, 2.24) is 15.0 Å². The highest BCUT2D eigenvalue weighted by Gasteiger charge is 2.26. The van der Waals surface area contributed by atoms with E-state index >= 15 is 0 Å². The quantitative estimate of drug-likeness (QED) is 0.740. The van der Waals surface area contributed by atoms with Crippen molar-refractivity contribution in [2.75, 3.05) is 0 Å². The van der Waals surface area contributed by atoms with E-state index in [1.54, 1.807) is 6.20 Å². The highest BCUT2D eigenvalue weighted by molar-refractivity contribution is 7.12. The van der Waals surface area contributed by atoms with Gasteiger partial charge in [-0.3, -0.25) is 4.79 Å². The number of para-hydroxylation sites is 1. The lowest BCUT2D eigenvalue weighted by Crippen LogP contribution is -2.13. The fraction of sp³-hybridized carbons (Fsp3) is 0.0625. The Morgan fingerprint density at radius 2 is 2.18 bits per heavy atom. The van der Waals surface area contributed by atoms with E-state index in [2.05, 4.69) is 32.2 Å². The van der Waals surface area contributed by atoms with Crippen LogP contribution in [0.1, 0.15) is 10.6 Å². The van der Waals surface area contributed by atoms with Crippen LogP contribution in [0.5, 0.6) is 0 Å². The first kappa shape index (κ1) is 13.0. The first-order valence-electron chi connectivity index (χ1n) is 6.78. The van der Waals surface area contributed by atoms with Crippen molar-refractivity contribution >= 4 is 39.9 Å². The second-order valence-electron chi connectivity index (χ2n) is 5.01. The van der Waals surface area contributed by atoms with Gasteiger partial charge in [0.15, 0.2) is 0 Å². The van der Waals surface area contributed by atoms with Gasteiger partial charge in [-0.2, -0.15) is 5.10 Å². The molecule has 0 bridgehead atoms. The van der Waals surface area contributed by atoms with Gasteiger partial charge in [0, 0.05) is 41.3 Å². The number of amides is 1. The van der Waals surface area contributed by atoms with Gasteiger partial charge < -0.3 is 4.57 Å². The highest BCUT2D eigenvalue weighted by atomic mass is 32.1. The third-order valence-corrected chi connectivity index (χ3v) is 4.41. The number of fused-ring (bicyclic) bond motifs is 1. The SMILES string of the molecule is Cn1cc(/C=C2\C(=O)NN=C2c2nccs2)c2ccccc21. The maximum Gasteiger partial charge on any atom is 0.273 e. The van der Waals surface area contributed by atoms with Crippen molar-refractivity contribution in [1.29, 1.82) is 0 Å². The zero-order valence-corrected chi connectivity index (χ0v) is 12.6. The van der Waals surface area contributed by atoms with Crippen LogP contribution < -0.4 is 5.43 Å². The van der Waals surface area contributed by atoms with Crippen molar-refractivity contribution in [3.8, 4) is 0 Å². The average Bonchev–Trinajstić information content (AvgIpc) is 3.23. The van der Waals surface area contributed by atoms with Gasteiger partial charge in [-0.05, 0) is 12.1 Å². The van der Waals surface area contributed by atoms with E-state index in [-0.39, 0.29) is 5.91 Å². The summed E-state index contributed by atoms with van der Waals surface area (Å²) in [5.41, 5.74) is 5.80. The van der Waals surface area contributed by atoms with Gasteiger partial charge in [-0.1, -0.05) is 18.2 Å². The summed E-state index contributed by atoms with van der Waals surface area (Å²) in [5.74, 6) is -0.196. The molecule has 4 rings (SSSR count). The summed E-state index contributed by atoms with van der Waals surface area (Å²) < 4.78 is 2.05. The molecule has 0 spiro atoms. The molecule has 3 aromatic rings. The summed E-state index contributed by atoms with van der Waals surface area (Å²) in [6.45, 7) is 0. The number of hydrazone groups is 1. The Hall–Kier alpha value is -2.73. The molecule has 22 heavy (non-hydrogen) atoms. The Morgan fingerprint density at radius 1 is 1.32 bits per heavy atom. The number of thiazole rings is 1. The fourth-order valence-corrected chi connectivity index (χ4v) is 3.26. The van der Waals surface area contributed by atoms with Gasteiger partial charge in [0.2, 0.25) is 0 Å². The van der Waals surface area contributed by atoms with Crippen LogP contribution in [0.25, 0.3) is 17.0 Å². The zero-order valence-electron chi connectivity index (χ0n) is 11.8. The average molecular weight is 308 g/mol. The maximum absolute atomic E-state index is 12.1. The van der Waals surface area contributed by atoms with E-state index in [4.69, 9.17) is 0 Å². The Bertz CT molecular complexity index is 934. The number of benzene rings is 1. The Morgan fingerprint density at radius 3 is 3.00 bits per heavy atom. The number of carbonyl (C=O) groups is 1. The smallest absolute Gasteiger partial charge is 0.273 e. The molecular weight excluding hydrogens is 296 g/mol. The molecule has 2 aromatic heterocycles. The normalized spacial score (nSPS) is 16.3. The maximum atomic E-state index is 12.1. The third kappa shape index (κ3) is 1.96. The number of rotatable bonds is 2. The Kier molecular flexibility index (Phi) is 2.90. The number of nitrogens with one attached hydrogen (secondary N) is 1. The molecule has 3 heterocycles. The first-order valence-corrected chi connectivity index (χ1v) is 7.66. The summed E-state index contributed by atoms with van der Waals surface area (Å²) in [6, 6.07) is 8.11. The van der Waals surface area contributed by atoms with Crippen LogP contribution in [-0.4, -0.2) is 21.2 Å². The van der Waals surface area contributed by atoms with Crippen LogP contribution in [0.4, 0.5) is 0 Å². The molecule has 6 heteroatoms. The molecule has 108 valence electrons. The predicted octanol–water partition coefficient (Wildman–Crippen LogP) is 2.55. The van der Waals surface area contributed by atoms with Gasteiger partial charge in [-0.15, -0.1) is 11.3 Å². The summed E-state index contributed by atoms with van der Waals surface area (Å²) in [6.07, 6.45) is 5.61. The van der Waals surface area contributed by atoms with Gasteiger partial charge in [0.1, 0.15) is 10.7 Å². The second-order valence-corrected chi connectivity index (χ2v) is 5.90. The number of carbonyl (C=O) groups excluding carboxylic acids is 1. The highest BCUT2D eigenvalue weighted by Crippen LogP contribution is 2.25. The molecule has 0 aliphatic carbocycles. The molecule has 1 aromatic carbocycles. The minimum absolute atomic E-state index is 0.196. The van der Waals surface area contributed by atoms with E-state index in [1.165, 1.54) is 11.3 Å². The molecule has 1 N–H and O–H groups in total. The van der Waals surface area contributed by atoms with Gasteiger partial charge in [0.25, 0.3) is 5.91 Å².